The fourth-order valence-electron chi connectivity index (χ4n) is 8.57. The van der Waals surface area contributed by atoms with Gasteiger partial charge in [-0.1, -0.05) is 66.2 Å². The zero-order valence-corrected chi connectivity index (χ0v) is 48.5. The number of aliphatic hydroxyl groups is 2. The van der Waals surface area contributed by atoms with Crippen molar-refractivity contribution in [2.24, 2.45) is 0 Å². The lowest BCUT2D eigenvalue weighted by molar-refractivity contribution is 0.255. The first-order valence-electron chi connectivity index (χ1n) is 25.2. The summed E-state index contributed by atoms with van der Waals surface area (Å²) in [4.78, 5) is 43.2. The molecule has 0 spiro atoms. The van der Waals surface area contributed by atoms with E-state index in [1.165, 1.54) is 29.1 Å². The molecule has 0 bridgehead atoms. The van der Waals surface area contributed by atoms with Crippen molar-refractivity contribution in [1.29, 1.82) is 0 Å². The number of nitrogens with zero attached hydrogens (tertiary/aromatic N) is 13. The normalized spacial score (nSPS) is 14.4. The number of fused-ring (bicyclic) bond motifs is 3. The average Bonchev–Trinajstić information content (AvgIpc) is 4.36. The smallest absolute Gasteiger partial charge is 0.229 e. The molecule has 0 aliphatic carbocycles. The van der Waals surface area contributed by atoms with Crippen LogP contribution in [0.15, 0.2) is 163 Å². The highest BCUT2D eigenvalue weighted by atomic mass is 35.5. The number of benzene rings is 3. The number of halogens is 4. The van der Waals surface area contributed by atoms with Gasteiger partial charge in [0.05, 0.1) is 48.6 Å². The predicted molar refractivity (Wildman–Crippen MR) is 332 cm³/mol. The number of rotatable bonds is 10. The molecule has 2 aliphatic heterocycles. The minimum absolute atomic E-state index is 0. The molecule has 0 saturated carbocycles. The van der Waals surface area contributed by atoms with Gasteiger partial charge < -0.3 is 50.5 Å². The third-order valence-electron chi connectivity index (χ3n) is 12.5. The summed E-state index contributed by atoms with van der Waals surface area (Å²) in [7, 11) is 0. The van der Waals surface area contributed by atoms with Gasteiger partial charge >= 0.3 is 0 Å². The Labute approximate surface area is 498 Å². The highest BCUT2D eigenvalue weighted by molar-refractivity contribution is 7.17. The number of anilines is 6. The number of nitrogens with two attached hydrogens (primary N) is 1. The van der Waals surface area contributed by atoms with Crippen LogP contribution in [0.3, 0.4) is 0 Å². The Hall–Kier alpha value is -7.35. The van der Waals surface area contributed by atoms with Crippen molar-refractivity contribution in [3.05, 3.63) is 179 Å². The van der Waals surface area contributed by atoms with Crippen LogP contribution >= 0.6 is 81.2 Å². The summed E-state index contributed by atoms with van der Waals surface area (Å²) in [5.41, 5.74) is 8.65. The number of nitrogens with one attached hydrogen (secondary N) is 3. The summed E-state index contributed by atoms with van der Waals surface area (Å²) < 4.78 is 5.79. The largest absolute Gasteiger partial charge is 0.395 e. The first kappa shape index (κ1) is 58.3. The fraction of sp³-hybridized carbons (Fsp3) is 0.182. The second-order valence-corrected chi connectivity index (χ2v) is 21.6. The monoisotopic (exact) mass is 1220 g/mol. The molecule has 2 saturated heterocycles. The maximum Gasteiger partial charge on any atom is 0.229 e. The molecule has 2 fully saturated rings. The number of hydrogen-bond donors (Lipinski definition) is 6. The predicted octanol–water partition coefficient (Wildman–Crippen LogP) is 12.5. The number of hydrogen-bond acceptors (Lipinski definition) is 19. The molecular formula is C55H53Cl4N17O2S3. The lowest BCUT2D eigenvalue weighted by atomic mass is 10.2. The van der Waals surface area contributed by atoms with Crippen LogP contribution in [-0.2, 0) is 0 Å². The minimum atomic E-state index is 0. The third-order valence-corrected chi connectivity index (χ3v) is 15.6. The third kappa shape index (κ3) is 15.2. The summed E-state index contributed by atoms with van der Waals surface area (Å²) >= 11 is 21.9. The molecular weight excluding hydrogens is 1170 g/mol. The first-order valence-corrected chi connectivity index (χ1v) is 29.0. The average molecular weight is 1220 g/mol. The van der Waals surface area contributed by atoms with E-state index in [0.29, 0.717) is 41.2 Å². The lowest BCUT2D eigenvalue weighted by Crippen LogP contribution is -2.33. The van der Waals surface area contributed by atoms with Crippen molar-refractivity contribution in [3.8, 4) is 17.1 Å². The van der Waals surface area contributed by atoms with E-state index in [1.807, 2.05) is 151 Å². The quantitative estimate of drug-likeness (QED) is 0.0551. The van der Waals surface area contributed by atoms with E-state index in [9.17, 15) is 5.11 Å². The van der Waals surface area contributed by atoms with Gasteiger partial charge in [-0.15, -0.1) is 46.4 Å². The van der Waals surface area contributed by atoms with E-state index >= 15 is 0 Å². The van der Waals surface area contributed by atoms with E-state index in [-0.39, 0.29) is 35.6 Å². The van der Waals surface area contributed by atoms with Crippen LogP contribution in [0.4, 0.5) is 35.0 Å². The van der Waals surface area contributed by atoms with Crippen molar-refractivity contribution in [1.82, 2.24) is 63.9 Å². The van der Waals surface area contributed by atoms with Gasteiger partial charge in [0.25, 0.3) is 0 Å². The Kier molecular flexibility index (Phi) is 20.4. The lowest BCUT2D eigenvalue weighted by Gasteiger charge is -2.23. The van der Waals surface area contributed by atoms with E-state index in [1.54, 1.807) is 36.5 Å². The number of imidazole rings is 3. The number of para-hydroxylation sites is 3. The molecule has 0 unspecified atom stereocenters. The topological polar surface area (TPSA) is 237 Å². The van der Waals surface area contributed by atoms with E-state index in [2.05, 4.69) is 55.7 Å². The van der Waals surface area contributed by atoms with Crippen LogP contribution in [0.5, 0.6) is 0 Å². The molecule has 2 aliphatic rings. The molecule has 81 heavy (non-hydrogen) atoms. The fourth-order valence-corrected chi connectivity index (χ4v) is 11.6. The van der Waals surface area contributed by atoms with Gasteiger partial charge in [-0.2, -0.15) is 9.97 Å². The van der Waals surface area contributed by atoms with Crippen LogP contribution in [0.25, 0.3) is 47.7 Å². The Balaban J connectivity index is 0.000000132. The zero-order chi connectivity index (χ0) is 55.2. The summed E-state index contributed by atoms with van der Waals surface area (Å²) in [6.07, 6.45) is 15.3. The Morgan fingerprint density at radius 2 is 1.05 bits per heavy atom. The summed E-state index contributed by atoms with van der Waals surface area (Å²) in [5, 5.41) is 37.4. The molecule has 12 aromatic rings. The summed E-state index contributed by atoms with van der Waals surface area (Å²) in [5.74, 6) is 4.03. The SMILES string of the molecule is Cl.Clc1nc(Cl)c2ccsc2n1.Clc1nc(Nc2cn(-c3ccccc3)cn2)c2ccsc2n1.Nc1cn(-c2ccccc2)cn1.OC[C@@H]1CCCN1.OC[C@@H]1CCCN1c1nc(Nc2cn(-c3ccccc3)cn2)c2ccsc2n1. The van der Waals surface area contributed by atoms with E-state index in [0.717, 1.165) is 91.7 Å². The first-order chi connectivity index (χ1) is 39.2. The van der Waals surface area contributed by atoms with Crippen LogP contribution in [0, 0.1) is 0 Å². The Morgan fingerprint density at radius 3 is 1.54 bits per heavy atom. The van der Waals surface area contributed by atoms with Gasteiger partial charge in [0.15, 0.2) is 0 Å². The van der Waals surface area contributed by atoms with Crippen molar-refractivity contribution >= 4 is 147 Å². The van der Waals surface area contributed by atoms with Crippen LogP contribution in [0.1, 0.15) is 25.7 Å². The van der Waals surface area contributed by atoms with E-state index in [4.69, 9.17) is 55.6 Å². The molecule has 3 aromatic carbocycles. The zero-order valence-electron chi connectivity index (χ0n) is 43.0. The maximum atomic E-state index is 9.66. The summed E-state index contributed by atoms with van der Waals surface area (Å²) in [6.45, 7) is 2.38. The molecule has 0 amide bonds. The molecule has 26 heteroatoms. The molecule has 9 aromatic heterocycles. The van der Waals surface area contributed by atoms with Gasteiger partial charge in [-0.25, -0.2) is 34.9 Å². The van der Waals surface area contributed by atoms with Gasteiger partial charge in [0, 0.05) is 35.0 Å². The van der Waals surface area contributed by atoms with Crippen molar-refractivity contribution in [2.75, 3.05) is 47.6 Å². The van der Waals surface area contributed by atoms with E-state index < -0.39 is 0 Å². The molecule has 2 atom stereocenters. The molecule has 19 nitrogen and oxygen atoms in total. The van der Waals surface area contributed by atoms with Crippen molar-refractivity contribution < 1.29 is 10.2 Å². The number of nitrogen functional groups attached to an aromatic ring is 1. The van der Waals surface area contributed by atoms with Gasteiger partial charge in [-0.05, 0) is 126 Å². The Bertz CT molecular complexity index is 3870. The molecule has 416 valence electrons. The second-order valence-electron chi connectivity index (χ2n) is 17.9. The van der Waals surface area contributed by atoms with Gasteiger partial charge in [-0.3, -0.25) is 0 Å². The minimum Gasteiger partial charge on any atom is -0.395 e. The standard InChI is InChI=1S/C20H20N6OS.C15H10ClN5S.C9H9N3.C6H2Cl2N2S.C5H11NO.ClH/c27-12-15-7-4-9-26(15)20-23-18(16-8-10-28-19(16)24-20)22-17-11-25(13-21-17)14-5-2-1-3-6-14;16-15-19-13(11-6-7-22-14(11)20-15)18-12-8-21(9-17-12)10-4-2-1-3-5-10;10-9-6-12(7-11-9)8-4-2-1-3-5-8;7-4-3-1-2-11-5(3)10-6(8)9-4;7-4-5-2-1-3-6-5;/h1-3,5-6,8,10-11,13,15,27H,4,7,9,12H2,(H,22,23,24);1-9H,(H,18,19,20);1-7H,10H2;1-2H;5-7H,1-4H2;1H/t15-;;;;5-;/m0...0./s1. The molecule has 11 heterocycles. The maximum absolute atomic E-state index is 9.66. The highest BCUT2D eigenvalue weighted by Gasteiger charge is 2.27. The van der Waals surface area contributed by atoms with Crippen molar-refractivity contribution in [3.63, 3.8) is 0 Å². The van der Waals surface area contributed by atoms with Crippen LogP contribution in [-0.4, -0.2) is 107 Å². The van der Waals surface area contributed by atoms with Gasteiger partial charge in [0.1, 0.15) is 67.7 Å². The van der Waals surface area contributed by atoms with Gasteiger partial charge in [0.2, 0.25) is 16.5 Å². The van der Waals surface area contributed by atoms with Crippen LogP contribution < -0.4 is 26.6 Å². The number of aliphatic hydroxyl groups excluding tert-OH is 2. The van der Waals surface area contributed by atoms with Crippen molar-refractivity contribution in [2.45, 2.75) is 37.8 Å². The second kappa shape index (κ2) is 28.4. The number of aromatic nitrogens is 12. The summed E-state index contributed by atoms with van der Waals surface area (Å²) in [6, 6.07) is 36.3. The molecule has 7 N–H and O–H groups in total. The molecule has 14 rings (SSSR count). The van der Waals surface area contributed by atoms with Crippen LogP contribution in [0.2, 0.25) is 15.7 Å². The number of thiophene rings is 3. The molecule has 0 radical (unpaired) electrons. The highest BCUT2D eigenvalue weighted by Crippen LogP contribution is 2.33. The Morgan fingerprint density at radius 1 is 0.556 bits per heavy atom.